The molecular weight excluding hydrogens is 291 g/mol. The first kappa shape index (κ1) is 15.4. The highest BCUT2D eigenvalue weighted by Gasteiger charge is 2.57. The van der Waals surface area contributed by atoms with Crippen LogP contribution in [0.5, 0.6) is 5.75 Å². The lowest BCUT2D eigenvalue weighted by Crippen LogP contribution is -2.42. The summed E-state index contributed by atoms with van der Waals surface area (Å²) in [5.74, 6) is 1.99. The van der Waals surface area contributed by atoms with Crippen molar-refractivity contribution >= 4 is 0 Å². The minimum absolute atomic E-state index is 0.122. The van der Waals surface area contributed by atoms with E-state index in [1.807, 2.05) is 6.07 Å². The Balaban J connectivity index is 1.70. The van der Waals surface area contributed by atoms with Gasteiger partial charge in [0.05, 0.1) is 12.8 Å². The summed E-state index contributed by atoms with van der Waals surface area (Å²) in [6.45, 7) is 2.00. The average molecular weight is 318 g/mol. The van der Waals surface area contributed by atoms with Gasteiger partial charge in [-0.05, 0) is 90.9 Å². The molecule has 0 unspecified atom stereocenters. The van der Waals surface area contributed by atoms with Gasteiger partial charge in [0.15, 0.2) is 0 Å². The molecular formula is C20H27FO2. The van der Waals surface area contributed by atoms with Crippen LogP contribution >= 0.6 is 0 Å². The van der Waals surface area contributed by atoms with Crippen molar-refractivity contribution in [2.24, 2.45) is 23.2 Å². The lowest BCUT2D eigenvalue weighted by atomic mass is 9.54. The number of hydrogen-bond acceptors (Lipinski definition) is 2. The molecule has 0 aliphatic heterocycles. The van der Waals surface area contributed by atoms with Gasteiger partial charge >= 0.3 is 0 Å². The first-order chi connectivity index (χ1) is 11.0. The highest BCUT2D eigenvalue weighted by Crippen LogP contribution is 2.63. The van der Waals surface area contributed by atoms with Crippen LogP contribution in [0.3, 0.4) is 0 Å². The third-order valence-electron chi connectivity index (χ3n) is 7.16. The molecule has 23 heavy (non-hydrogen) atoms. The minimum Gasteiger partial charge on any atom is -0.508 e. The molecule has 6 atom stereocenters. The fourth-order valence-corrected chi connectivity index (χ4v) is 6.33. The standard InChI is InChI=1S/C20H27FO2/c1-20-8-6-15-14-5-3-13(22)10-12(14)2-4-16(15)19(20)17(7-9-21)18(23)11-20/h3,5,10,15-19,22-23H,2,4,6-9,11H2,1H3/t15-,16-,17-,18+,19-,20-/m1/s1. The first-order valence-corrected chi connectivity index (χ1v) is 9.09. The molecule has 3 heteroatoms. The van der Waals surface area contributed by atoms with E-state index < -0.39 is 0 Å². The van der Waals surface area contributed by atoms with Crippen molar-refractivity contribution in [3.63, 3.8) is 0 Å². The molecule has 1 aromatic rings. The van der Waals surface area contributed by atoms with Gasteiger partial charge in [-0.1, -0.05) is 13.0 Å². The number of halogens is 1. The molecule has 2 saturated carbocycles. The smallest absolute Gasteiger partial charge is 0.115 e. The van der Waals surface area contributed by atoms with Crippen molar-refractivity contribution < 1.29 is 14.6 Å². The van der Waals surface area contributed by atoms with Crippen LogP contribution < -0.4 is 0 Å². The fourth-order valence-electron chi connectivity index (χ4n) is 6.33. The molecule has 0 amide bonds. The van der Waals surface area contributed by atoms with E-state index in [0.717, 1.165) is 32.1 Å². The van der Waals surface area contributed by atoms with E-state index in [2.05, 4.69) is 13.0 Å². The highest BCUT2D eigenvalue weighted by molar-refractivity contribution is 5.40. The van der Waals surface area contributed by atoms with Gasteiger partial charge in [0.2, 0.25) is 0 Å². The van der Waals surface area contributed by atoms with Gasteiger partial charge in [-0.25, -0.2) is 0 Å². The van der Waals surface area contributed by atoms with Crippen LogP contribution in [-0.4, -0.2) is 23.0 Å². The van der Waals surface area contributed by atoms with E-state index in [0.29, 0.717) is 29.9 Å². The number of fused-ring (bicyclic) bond motifs is 5. The van der Waals surface area contributed by atoms with Crippen molar-refractivity contribution in [3.8, 4) is 5.75 Å². The second kappa shape index (κ2) is 5.47. The largest absolute Gasteiger partial charge is 0.508 e. The number of aromatic hydroxyl groups is 1. The molecule has 1 aromatic carbocycles. The van der Waals surface area contributed by atoms with Crippen molar-refractivity contribution in [2.45, 2.75) is 57.5 Å². The molecule has 0 heterocycles. The Kier molecular flexibility index (Phi) is 3.67. The molecule has 0 radical (unpaired) electrons. The molecule has 3 aliphatic rings. The Bertz CT molecular complexity index is 601. The monoisotopic (exact) mass is 318 g/mol. The van der Waals surface area contributed by atoms with Crippen LogP contribution in [0.2, 0.25) is 0 Å². The number of rotatable bonds is 2. The Morgan fingerprint density at radius 2 is 2.13 bits per heavy atom. The van der Waals surface area contributed by atoms with Crippen LogP contribution in [-0.2, 0) is 6.42 Å². The fraction of sp³-hybridized carbons (Fsp3) is 0.700. The van der Waals surface area contributed by atoms with Gasteiger partial charge in [0.25, 0.3) is 0 Å². The molecule has 2 fully saturated rings. The van der Waals surface area contributed by atoms with E-state index in [1.165, 1.54) is 11.1 Å². The van der Waals surface area contributed by atoms with Crippen LogP contribution in [0.1, 0.15) is 56.1 Å². The summed E-state index contributed by atoms with van der Waals surface area (Å²) in [5.41, 5.74) is 2.85. The molecule has 126 valence electrons. The summed E-state index contributed by atoms with van der Waals surface area (Å²) < 4.78 is 13.1. The third kappa shape index (κ3) is 2.31. The van der Waals surface area contributed by atoms with Crippen LogP contribution in [0, 0.1) is 23.2 Å². The maximum atomic E-state index is 13.1. The van der Waals surface area contributed by atoms with Crippen molar-refractivity contribution in [3.05, 3.63) is 29.3 Å². The van der Waals surface area contributed by atoms with Gasteiger partial charge in [-0.2, -0.15) is 0 Å². The normalized spacial score (nSPS) is 42.0. The number of phenolic OH excluding ortho intramolecular Hbond substituents is 1. The molecule has 4 rings (SSSR count). The Hall–Kier alpha value is -1.09. The zero-order valence-electron chi connectivity index (χ0n) is 13.8. The second-order valence-electron chi connectivity index (χ2n) is 8.32. The summed E-state index contributed by atoms with van der Waals surface area (Å²) in [6, 6.07) is 5.82. The number of aliphatic hydroxyl groups is 1. The van der Waals surface area contributed by atoms with Crippen LogP contribution in [0.25, 0.3) is 0 Å². The van der Waals surface area contributed by atoms with Gasteiger partial charge < -0.3 is 10.2 Å². The van der Waals surface area contributed by atoms with E-state index in [4.69, 9.17) is 0 Å². The molecule has 3 aliphatic carbocycles. The second-order valence-corrected chi connectivity index (χ2v) is 8.32. The zero-order valence-corrected chi connectivity index (χ0v) is 13.8. The van der Waals surface area contributed by atoms with E-state index in [9.17, 15) is 14.6 Å². The van der Waals surface area contributed by atoms with Gasteiger partial charge in [-0.3, -0.25) is 4.39 Å². The van der Waals surface area contributed by atoms with Gasteiger partial charge in [0.1, 0.15) is 5.75 Å². The number of benzene rings is 1. The summed E-state index contributed by atoms with van der Waals surface area (Å²) in [5, 5.41) is 20.3. The summed E-state index contributed by atoms with van der Waals surface area (Å²) in [6.07, 6.45) is 5.40. The minimum atomic E-state index is -0.333. The summed E-state index contributed by atoms with van der Waals surface area (Å²) >= 11 is 0. The van der Waals surface area contributed by atoms with Crippen LogP contribution in [0.15, 0.2) is 18.2 Å². The molecule has 0 spiro atoms. The molecule has 2 N–H and O–H groups in total. The number of alkyl halides is 1. The molecule has 0 bridgehead atoms. The van der Waals surface area contributed by atoms with E-state index in [-0.39, 0.29) is 24.1 Å². The zero-order chi connectivity index (χ0) is 16.2. The third-order valence-corrected chi connectivity index (χ3v) is 7.16. The molecule has 0 saturated heterocycles. The van der Waals surface area contributed by atoms with E-state index in [1.54, 1.807) is 6.07 Å². The Morgan fingerprint density at radius 3 is 2.91 bits per heavy atom. The number of aliphatic hydroxyl groups excluding tert-OH is 1. The van der Waals surface area contributed by atoms with Gasteiger partial charge in [0, 0.05) is 0 Å². The summed E-state index contributed by atoms with van der Waals surface area (Å²) in [4.78, 5) is 0. The SMILES string of the molecule is C[C@]12CC[C@@H]3c4ccc(O)cc4CC[C@H]3[C@@H]1[C@H](CCF)[C@@H](O)C2. The Labute approximate surface area is 137 Å². The Morgan fingerprint density at radius 1 is 1.30 bits per heavy atom. The quantitative estimate of drug-likeness (QED) is 0.858. The maximum absolute atomic E-state index is 13.1. The van der Waals surface area contributed by atoms with Crippen molar-refractivity contribution in [2.75, 3.05) is 6.67 Å². The summed E-state index contributed by atoms with van der Waals surface area (Å²) in [7, 11) is 0. The lowest BCUT2D eigenvalue weighted by molar-refractivity contribution is 0.0242. The van der Waals surface area contributed by atoms with Gasteiger partial charge in [-0.15, -0.1) is 0 Å². The molecule has 2 nitrogen and oxygen atoms in total. The van der Waals surface area contributed by atoms with Crippen molar-refractivity contribution in [1.29, 1.82) is 0 Å². The van der Waals surface area contributed by atoms with Crippen LogP contribution in [0.4, 0.5) is 4.39 Å². The predicted octanol–water partition coefficient (Wildman–Crippen LogP) is 4.19. The highest BCUT2D eigenvalue weighted by atomic mass is 19.1. The number of hydrogen-bond donors (Lipinski definition) is 2. The first-order valence-electron chi connectivity index (χ1n) is 9.09. The predicted molar refractivity (Wildman–Crippen MR) is 88.2 cm³/mol. The number of phenols is 1. The number of aryl methyl sites for hydroxylation is 1. The lowest BCUT2D eigenvalue weighted by Gasteiger charge is -2.50. The molecule has 0 aromatic heterocycles. The van der Waals surface area contributed by atoms with E-state index >= 15 is 0 Å². The van der Waals surface area contributed by atoms with Crippen molar-refractivity contribution in [1.82, 2.24) is 0 Å². The average Bonchev–Trinajstić information content (AvgIpc) is 2.77. The maximum Gasteiger partial charge on any atom is 0.115 e. The topological polar surface area (TPSA) is 40.5 Å².